The highest BCUT2D eigenvalue weighted by molar-refractivity contribution is 6.04. The number of imidazole rings is 1. The molecule has 0 bridgehead atoms. The topological polar surface area (TPSA) is 83.4 Å². The zero-order valence-corrected chi connectivity index (χ0v) is 22.1. The summed E-state index contributed by atoms with van der Waals surface area (Å²) < 4.78 is 15.9. The van der Waals surface area contributed by atoms with Crippen molar-refractivity contribution in [3.8, 4) is 0 Å². The molecule has 0 spiro atoms. The molecule has 5 rings (SSSR count). The number of anilines is 1. The normalized spacial score (nSPS) is 20.8. The zero-order valence-electron chi connectivity index (χ0n) is 22.1. The van der Waals surface area contributed by atoms with E-state index in [-0.39, 0.29) is 17.9 Å². The molecule has 8 nitrogen and oxygen atoms in total. The molecule has 2 aliphatic heterocycles. The summed E-state index contributed by atoms with van der Waals surface area (Å²) in [5.74, 6) is 0.211. The maximum absolute atomic E-state index is 13.8. The van der Waals surface area contributed by atoms with Crippen LogP contribution in [0.1, 0.15) is 60.1 Å². The number of hydrogen-bond acceptors (Lipinski definition) is 5. The molecule has 2 atom stereocenters. The number of rotatable bonds is 6. The average molecular weight is 519 g/mol. The van der Waals surface area contributed by atoms with Gasteiger partial charge in [0.2, 0.25) is 11.9 Å². The fraction of sp³-hybridized carbons (Fsp3) is 0.448. The molecule has 38 heavy (non-hydrogen) atoms. The molecule has 0 radical (unpaired) electrons. The predicted octanol–water partition coefficient (Wildman–Crippen LogP) is 4.67. The van der Waals surface area contributed by atoms with Crippen molar-refractivity contribution in [2.24, 2.45) is 0 Å². The van der Waals surface area contributed by atoms with E-state index in [2.05, 4.69) is 32.8 Å². The maximum atomic E-state index is 13.8. The van der Waals surface area contributed by atoms with Gasteiger partial charge in [0.1, 0.15) is 6.17 Å². The standard InChI is InChI=1S/C29H35FN6O2/c1-3-6-26(37)35-13-5-4-7-24(19-35)36-27-20(2)15-21(17-34-14-10-23(30)18-34)16-25(27)32-29(36)33-28(38)22-8-11-31-12-9-22/h3,6,8-9,11-12,15-16,23-24H,4-5,7,10,13-14,17-19H2,1-2H3,(H,32,33,38)/t23-,24+/m0/s1. The summed E-state index contributed by atoms with van der Waals surface area (Å²) in [5.41, 5.74) is 4.36. The second-order valence-corrected chi connectivity index (χ2v) is 10.3. The Kier molecular flexibility index (Phi) is 7.83. The number of carbonyl (C=O) groups excluding carboxylic acids is 2. The van der Waals surface area contributed by atoms with Crippen molar-refractivity contribution in [1.82, 2.24) is 24.3 Å². The van der Waals surface area contributed by atoms with Crippen LogP contribution in [0.5, 0.6) is 0 Å². The van der Waals surface area contributed by atoms with E-state index in [4.69, 9.17) is 4.98 Å². The molecule has 9 heteroatoms. The van der Waals surface area contributed by atoms with E-state index in [9.17, 15) is 14.0 Å². The number of likely N-dealkylation sites (tertiary alicyclic amines) is 2. The molecular formula is C29H35FN6O2. The first-order valence-electron chi connectivity index (χ1n) is 13.4. The Balaban J connectivity index is 1.54. The second kappa shape index (κ2) is 11.4. The molecule has 0 aliphatic carbocycles. The number of nitrogens with zero attached hydrogens (tertiary/aromatic N) is 5. The quantitative estimate of drug-likeness (QED) is 0.480. The Labute approximate surface area is 222 Å². The van der Waals surface area contributed by atoms with Crippen LogP contribution in [0.3, 0.4) is 0 Å². The van der Waals surface area contributed by atoms with Crippen molar-refractivity contribution in [3.05, 3.63) is 65.5 Å². The summed E-state index contributed by atoms with van der Waals surface area (Å²) in [7, 11) is 0. The van der Waals surface area contributed by atoms with Crippen molar-refractivity contribution >= 4 is 28.8 Å². The summed E-state index contributed by atoms with van der Waals surface area (Å²) in [6.07, 6.45) is 9.14. The number of allylic oxidation sites excluding steroid dienone is 1. The number of amides is 2. The Bertz CT molecular complexity index is 1340. The third-order valence-electron chi connectivity index (χ3n) is 7.46. The van der Waals surface area contributed by atoms with E-state index in [1.54, 1.807) is 36.7 Å². The smallest absolute Gasteiger partial charge is 0.258 e. The first kappa shape index (κ1) is 26.0. The first-order valence-corrected chi connectivity index (χ1v) is 13.4. The highest BCUT2D eigenvalue weighted by atomic mass is 19.1. The molecule has 2 amide bonds. The lowest BCUT2D eigenvalue weighted by Crippen LogP contribution is -2.34. The fourth-order valence-corrected chi connectivity index (χ4v) is 5.68. The van der Waals surface area contributed by atoms with Gasteiger partial charge in [-0.1, -0.05) is 12.1 Å². The summed E-state index contributed by atoms with van der Waals surface area (Å²) in [4.78, 5) is 38.9. The number of pyridine rings is 1. The number of fused-ring (bicyclic) bond motifs is 1. The minimum Gasteiger partial charge on any atom is -0.337 e. The monoisotopic (exact) mass is 518 g/mol. The lowest BCUT2D eigenvalue weighted by molar-refractivity contribution is -0.126. The van der Waals surface area contributed by atoms with E-state index in [0.717, 1.165) is 48.0 Å². The minimum atomic E-state index is -0.766. The highest BCUT2D eigenvalue weighted by Gasteiger charge is 2.28. The molecule has 2 fully saturated rings. The number of aromatic nitrogens is 3. The lowest BCUT2D eigenvalue weighted by atomic mass is 10.1. The second-order valence-electron chi connectivity index (χ2n) is 10.3. The molecule has 3 aromatic rings. The van der Waals surface area contributed by atoms with Gasteiger partial charge >= 0.3 is 0 Å². The van der Waals surface area contributed by atoms with Gasteiger partial charge < -0.3 is 9.47 Å². The van der Waals surface area contributed by atoms with E-state index in [1.807, 2.05) is 17.9 Å². The molecule has 4 heterocycles. The van der Waals surface area contributed by atoms with Crippen LogP contribution in [-0.4, -0.2) is 68.5 Å². The molecule has 1 aromatic carbocycles. The lowest BCUT2D eigenvalue weighted by Gasteiger charge is -2.26. The highest BCUT2D eigenvalue weighted by Crippen LogP contribution is 2.33. The average Bonchev–Trinajstić information content (AvgIpc) is 3.38. The van der Waals surface area contributed by atoms with E-state index in [0.29, 0.717) is 44.1 Å². The predicted molar refractivity (Wildman–Crippen MR) is 146 cm³/mol. The molecule has 0 saturated carbocycles. The number of halogens is 1. The maximum Gasteiger partial charge on any atom is 0.258 e. The fourth-order valence-electron chi connectivity index (χ4n) is 5.68. The summed E-state index contributed by atoms with van der Waals surface area (Å²) >= 11 is 0. The van der Waals surface area contributed by atoms with Crippen LogP contribution in [0.25, 0.3) is 11.0 Å². The van der Waals surface area contributed by atoms with E-state index in [1.165, 1.54) is 0 Å². The van der Waals surface area contributed by atoms with Gasteiger partial charge in [-0.3, -0.25) is 24.8 Å². The Morgan fingerprint density at radius 1 is 1.13 bits per heavy atom. The minimum absolute atomic E-state index is 0.00183. The molecule has 2 saturated heterocycles. The van der Waals surface area contributed by atoms with Gasteiger partial charge in [-0.05, 0) is 74.9 Å². The zero-order chi connectivity index (χ0) is 26.6. The first-order chi connectivity index (χ1) is 18.4. The number of benzene rings is 1. The van der Waals surface area contributed by atoms with Gasteiger partial charge in [-0.25, -0.2) is 9.37 Å². The Hall–Kier alpha value is -3.59. The van der Waals surface area contributed by atoms with Crippen molar-refractivity contribution < 1.29 is 14.0 Å². The summed E-state index contributed by atoms with van der Waals surface area (Å²) in [6.45, 7) is 7.02. The number of nitrogens with one attached hydrogen (secondary N) is 1. The molecule has 200 valence electrons. The summed E-state index contributed by atoms with van der Waals surface area (Å²) in [6, 6.07) is 7.48. The Morgan fingerprint density at radius 2 is 1.95 bits per heavy atom. The summed E-state index contributed by atoms with van der Waals surface area (Å²) in [5, 5.41) is 3.04. The van der Waals surface area contributed by atoms with Crippen LogP contribution >= 0.6 is 0 Å². The molecular weight excluding hydrogens is 483 g/mol. The van der Waals surface area contributed by atoms with Crippen LogP contribution in [0.15, 0.2) is 48.8 Å². The van der Waals surface area contributed by atoms with Crippen molar-refractivity contribution in [2.45, 2.75) is 58.3 Å². The Morgan fingerprint density at radius 3 is 2.68 bits per heavy atom. The molecule has 2 aromatic heterocycles. The van der Waals surface area contributed by atoms with Gasteiger partial charge in [0, 0.05) is 50.7 Å². The largest absolute Gasteiger partial charge is 0.337 e. The van der Waals surface area contributed by atoms with E-state index < -0.39 is 6.17 Å². The van der Waals surface area contributed by atoms with Crippen molar-refractivity contribution in [1.29, 1.82) is 0 Å². The third kappa shape index (κ3) is 5.62. The molecule has 2 aliphatic rings. The SMILES string of the molecule is CC=CC(=O)N1CCCC[C@@H](n2c(NC(=O)c3ccncc3)nc3cc(CN4CC[C@H](F)C4)cc(C)c32)C1. The van der Waals surface area contributed by atoms with Crippen LogP contribution in [0.4, 0.5) is 10.3 Å². The van der Waals surface area contributed by atoms with Crippen LogP contribution in [0.2, 0.25) is 0 Å². The van der Waals surface area contributed by atoms with Crippen LogP contribution in [0, 0.1) is 6.92 Å². The van der Waals surface area contributed by atoms with Crippen LogP contribution in [-0.2, 0) is 11.3 Å². The van der Waals surface area contributed by atoms with Gasteiger partial charge in [-0.15, -0.1) is 0 Å². The number of aryl methyl sites for hydroxylation is 1. The van der Waals surface area contributed by atoms with E-state index >= 15 is 0 Å². The van der Waals surface area contributed by atoms with Gasteiger partial charge in [0.25, 0.3) is 5.91 Å². The van der Waals surface area contributed by atoms with Crippen molar-refractivity contribution in [3.63, 3.8) is 0 Å². The van der Waals surface area contributed by atoms with Crippen molar-refractivity contribution in [2.75, 3.05) is 31.5 Å². The number of carbonyl (C=O) groups is 2. The third-order valence-corrected chi connectivity index (χ3v) is 7.46. The van der Waals surface area contributed by atoms with Crippen LogP contribution < -0.4 is 5.32 Å². The van der Waals surface area contributed by atoms with Gasteiger partial charge in [0.15, 0.2) is 0 Å². The molecule has 0 unspecified atom stereocenters. The number of hydrogen-bond donors (Lipinski definition) is 1. The molecule has 1 N–H and O–H groups in total. The van der Waals surface area contributed by atoms with Gasteiger partial charge in [-0.2, -0.15) is 0 Å². The number of alkyl halides is 1. The van der Waals surface area contributed by atoms with Gasteiger partial charge in [0.05, 0.1) is 17.1 Å².